The number of amides is 1. The highest BCUT2D eigenvalue weighted by molar-refractivity contribution is 7.13. The van der Waals surface area contributed by atoms with Gasteiger partial charge in [-0.15, -0.1) is 16.4 Å². The molecule has 1 aliphatic rings. The van der Waals surface area contributed by atoms with Crippen molar-refractivity contribution in [3.8, 4) is 16.4 Å². The molecule has 4 rings (SSSR count). The van der Waals surface area contributed by atoms with Crippen LogP contribution in [0.25, 0.3) is 16.4 Å². The van der Waals surface area contributed by atoms with Crippen LogP contribution in [0, 0.1) is 0 Å². The fourth-order valence-electron chi connectivity index (χ4n) is 3.45. The summed E-state index contributed by atoms with van der Waals surface area (Å²) in [7, 11) is 0. The van der Waals surface area contributed by atoms with E-state index in [0.717, 1.165) is 12.1 Å². The number of hydrogen-bond donors (Lipinski definition) is 0. The van der Waals surface area contributed by atoms with Crippen LogP contribution >= 0.6 is 11.3 Å². The summed E-state index contributed by atoms with van der Waals surface area (Å²) < 4.78 is 46.5. The van der Waals surface area contributed by atoms with Crippen molar-refractivity contribution in [2.24, 2.45) is 0 Å². The highest BCUT2D eigenvalue weighted by atomic mass is 32.1. The van der Waals surface area contributed by atoms with Gasteiger partial charge in [0, 0.05) is 13.1 Å². The molecule has 3 heterocycles. The molecule has 0 aliphatic carbocycles. The van der Waals surface area contributed by atoms with Crippen LogP contribution in [0.15, 0.2) is 41.8 Å². The zero-order chi connectivity index (χ0) is 21.5. The van der Waals surface area contributed by atoms with Gasteiger partial charge in [-0.05, 0) is 43.5 Å². The predicted molar refractivity (Wildman–Crippen MR) is 106 cm³/mol. The molecule has 158 valence electrons. The highest BCUT2D eigenvalue weighted by Crippen LogP contribution is 2.32. The van der Waals surface area contributed by atoms with E-state index in [1.54, 1.807) is 17.0 Å². The fraction of sp³-hybridized carbons (Fsp3) is 0.350. The Bertz CT molecular complexity index is 1040. The minimum atomic E-state index is -4.49. The first-order valence-corrected chi connectivity index (χ1v) is 10.2. The summed E-state index contributed by atoms with van der Waals surface area (Å²) in [6.45, 7) is 4.55. The number of hydrogen-bond acceptors (Lipinski definition) is 5. The Morgan fingerprint density at radius 3 is 2.53 bits per heavy atom. The van der Waals surface area contributed by atoms with Crippen LogP contribution < -0.4 is 0 Å². The molecule has 0 saturated carbocycles. The van der Waals surface area contributed by atoms with Crippen molar-refractivity contribution in [2.45, 2.75) is 32.2 Å². The smallest absolute Gasteiger partial charge is 0.372 e. The Morgan fingerprint density at radius 1 is 1.17 bits per heavy atom. The van der Waals surface area contributed by atoms with E-state index < -0.39 is 11.7 Å². The topological polar surface area (TPSA) is 60.2 Å². The third kappa shape index (κ3) is 4.10. The summed E-state index contributed by atoms with van der Waals surface area (Å²) in [6, 6.07) is 8.40. The molecule has 3 aromatic rings. The monoisotopic (exact) mass is 436 g/mol. The molecular weight excluding hydrogens is 417 g/mol. The molecule has 1 aliphatic heterocycles. The molecule has 1 aromatic carbocycles. The summed E-state index contributed by atoms with van der Waals surface area (Å²) in [4.78, 5) is 19.7. The first-order valence-electron chi connectivity index (χ1n) is 9.35. The molecule has 0 unspecified atom stereocenters. The molecule has 1 fully saturated rings. The van der Waals surface area contributed by atoms with Gasteiger partial charge < -0.3 is 9.64 Å². The molecule has 2 atom stereocenters. The maximum Gasteiger partial charge on any atom is 0.416 e. The van der Waals surface area contributed by atoms with Crippen molar-refractivity contribution < 1.29 is 22.7 Å². The molecule has 0 bridgehead atoms. The SMILES string of the molecule is C[C@@H]1CN(C(=O)c2nc(-c3cccs3)n(-c3cccc(C(F)(F)F)c3)n2)C[C@H](C)O1. The van der Waals surface area contributed by atoms with E-state index in [1.165, 1.54) is 28.2 Å². The van der Waals surface area contributed by atoms with Gasteiger partial charge in [0.05, 0.1) is 28.3 Å². The van der Waals surface area contributed by atoms with Gasteiger partial charge in [-0.1, -0.05) is 12.1 Å². The van der Waals surface area contributed by atoms with Crippen molar-refractivity contribution in [3.63, 3.8) is 0 Å². The van der Waals surface area contributed by atoms with Gasteiger partial charge in [0.1, 0.15) is 0 Å². The number of rotatable bonds is 3. The summed E-state index contributed by atoms with van der Waals surface area (Å²) >= 11 is 1.37. The molecule has 0 radical (unpaired) electrons. The standard InChI is InChI=1S/C20H19F3N4O2S/c1-12-10-26(11-13(2)29-12)19(28)17-24-18(16-7-4-8-30-16)27(25-17)15-6-3-5-14(9-15)20(21,22)23/h3-9,12-13H,10-11H2,1-2H3/t12-,13+. The molecule has 1 saturated heterocycles. The Hall–Kier alpha value is -2.72. The maximum atomic E-state index is 13.2. The van der Waals surface area contributed by atoms with E-state index in [2.05, 4.69) is 10.1 Å². The molecular formula is C20H19F3N4O2S. The molecule has 2 aromatic heterocycles. The summed E-state index contributed by atoms with van der Waals surface area (Å²) in [5.74, 6) is -0.111. The number of benzene rings is 1. The lowest BCUT2D eigenvalue weighted by molar-refractivity contribution is -0.137. The average molecular weight is 436 g/mol. The fourth-order valence-corrected chi connectivity index (χ4v) is 4.15. The largest absolute Gasteiger partial charge is 0.416 e. The van der Waals surface area contributed by atoms with E-state index in [0.29, 0.717) is 23.8 Å². The van der Waals surface area contributed by atoms with Crippen LogP contribution in [0.4, 0.5) is 13.2 Å². The second-order valence-corrected chi connectivity index (χ2v) is 8.11. The third-order valence-corrected chi connectivity index (χ3v) is 5.53. The summed E-state index contributed by atoms with van der Waals surface area (Å²) in [5.41, 5.74) is -0.611. The number of halogens is 3. The minimum absolute atomic E-state index is 0.0582. The first kappa shape index (κ1) is 20.5. The van der Waals surface area contributed by atoms with E-state index in [-0.39, 0.29) is 29.6 Å². The van der Waals surface area contributed by atoms with Crippen LogP contribution in [0.3, 0.4) is 0 Å². The normalized spacial score (nSPS) is 19.8. The zero-order valence-electron chi connectivity index (χ0n) is 16.3. The molecule has 0 N–H and O–H groups in total. The number of thiophene rings is 1. The van der Waals surface area contributed by atoms with Crippen molar-refractivity contribution in [1.82, 2.24) is 19.7 Å². The van der Waals surface area contributed by atoms with Gasteiger partial charge in [0.15, 0.2) is 5.82 Å². The van der Waals surface area contributed by atoms with E-state index >= 15 is 0 Å². The number of morpholine rings is 1. The van der Waals surface area contributed by atoms with Crippen LogP contribution in [0.1, 0.15) is 30.0 Å². The Morgan fingerprint density at radius 2 is 1.90 bits per heavy atom. The zero-order valence-corrected chi connectivity index (χ0v) is 17.1. The van der Waals surface area contributed by atoms with Crippen LogP contribution in [0.2, 0.25) is 0 Å². The Kier molecular flexibility index (Phi) is 5.37. The molecule has 30 heavy (non-hydrogen) atoms. The number of carbonyl (C=O) groups is 1. The van der Waals surface area contributed by atoms with Gasteiger partial charge in [-0.3, -0.25) is 4.79 Å². The van der Waals surface area contributed by atoms with Gasteiger partial charge >= 0.3 is 6.18 Å². The highest BCUT2D eigenvalue weighted by Gasteiger charge is 2.32. The number of aromatic nitrogens is 3. The second-order valence-electron chi connectivity index (χ2n) is 7.16. The van der Waals surface area contributed by atoms with E-state index in [1.807, 2.05) is 19.2 Å². The van der Waals surface area contributed by atoms with E-state index in [9.17, 15) is 18.0 Å². The van der Waals surface area contributed by atoms with Gasteiger partial charge in [0.25, 0.3) is 5.91 Å². The molecule has 0 spiro atoms. The predicted octanol–water partition coefficient (Wildman–Crippen LogP) is 4.26. The summed E-state index contributed by atoms with van der Waals surface area (Å²) in [6.07, 6.45) is -4.74. The van der Waals surface area contributed by atoms with Crippen molar-refractivity contribution in [3.05, 3.63) is 53.2 Å². The van der Waals surface area contributed by atoms with Gasteiger partial charge in [-0.25, -0.2) is 9.67 Å². The van der Waals surface area contributed by atoms with Crippen LogP contribution in [0.5, 0.6) is 0 Å². The Balaban J connectivity index is 1.76. The molecule has 10 heteroatoms. The molecule has 1 amide bonds. The second kappa shape index (κ2) is 7.84. The lowest BCUT2D eigenvalue weighted by Crippen LogP contribution is -2.48. The number of ether oxygens (including phenoxy) is 1. The van der Waals surface area contributed by atoms with Crippen LogP contribution in [-0.2, 0) is 10.9 Å². The lowest BCUT2D eigenvalue weighted by atomic mass is 10.2. The molecule has 6 nitrogen and oxygen atoms in total. The number of carbonyl (C=O) groups excluding carboxylic acids is 1. The third-order valence-electron chi connectivity index (χ3n) is 4.66. The maximum absolute atomic E-state index is 13.2. The van der Waals surface area contributed by atoms with Crippen molar-refractivity contribution in [2.75, 3.05) is 13.1 Å². The first-order chi connectivity index (χ1) is 14.2. The number of nitrogens with zero attached hydrogens (tertiary/aromatic N) is 4. The minimum Gasteiger partial charge on any atom is -0.372 e. The van der Waals surface area contributed by atoms with Gasteiger partial charge in [-0.2, -0.15) is 13.2 Å². The lowest BCUT2D eigenvalue weighted by Gasteiger charge is -2.34. The van der Waals surface area contributed by atoms with Crippen molar-refractivity contribution in [1.29, 1.82) is 0 Å². The quantitative estimate of drug-likeness (QED) is 0.616. The van der Waals surface area contributed by atoms with Gasteiger partial charge in [0.2, 0.25) is 5.82 Å². The number of alkyl halides is 3. The van der Waals surface area contributed by atoms with Crippen molar-refractivity contribution >= 4 is 17.2 Å². The van der Waals surface area contributed by atoms with E-state index in [4.69, 9.17) is 4.74 Å². The Labute approximate surface area is 174 Å². The average Bonchev–Trinajstić information content (AvgIpc) is 3.36. The van der Waals surface area contributed by atoms with Crippen LogP contribution in [-0.4, -0.2) is 50.9 Å². The summed E-state index contributed by atoms with van der Waals surface area (Å²) in [5, 5.41) is 6.12.